The van der Waals surface area contributed by atoms with Crippen LogP contribution >= 0.6 is 0 Å². The Morgan fingerprint density at radius 1 is 1.46 bits per heavy atom. The van der Waals surface area contributed by atoms with Crippen molar-refractivity contribution in [3.63, 3.8) is 0 Å². The molecule has 0 saturated heterocycles. The third kappa shape index (κ3) is 1.44. The summed E-state index contributed by atoms with van der Waals surface area (Å²) in [5.74, 6) is -0.724. The maximum absolute atomic E-state index is 11.4. The number of hydrogen-bond acceptors (Lipinski definition) is 3. The van der Waals surface area contributed by atoms with Gasteiger partial charge in [-0.2, -0.15) is 0 Å². The molecule has 0 aliphatic heterocycles. The number of carbonyl (C=O) groups is 1. The Kier molecular flexibility index (Phi) is 2.18. The summed E-state index contributed by atoms with van der Waals surface area (Å²) in [6.07, 6.45) is 0. The first-order chi connectivity index (χ1) is 5.95. The molecule has 1 N–H and O–H groups in total. The first-order valence-corrected chi connectivity index (χ1v) is 3.72. The summed E-state index contributed by atoms with van der Waals surface area (Å²) in [6.45, 7) is 3.16. The molecule has 1 aromatic heterocycles. The number of hydrogen-bond donors (Lipinski definition) is 1. The van der Waals surface area contributed by atoms with Crippen LogP contribution in [0.4, 0.5) is 0 Å². The quantitative estimate of drug-likeness (QED) is 0.668. The minimum Gasteiger partial charge on any atom is -0.477 e. The maximum Gasteiger partial charge on any atom is 0.343 e. The molecule has 0 aliphatic carbocycles. The molecule has 5 heteroatoms. The second-order valence-electron chi connectivity index (χ2n) is 2.79. The Hall–Kier alpha value is -1.65. The molecule has 1 aromatic rings. The molecule has 0 unspecified atom stereocenters. The molecule has 0 atom stereocenters. The van der Waals surface area contributed by atoms with Gasteiger partial charge in [0, 0.05) is 7.05 Å². The van der Waals surface area contributed by atoms with Gasteiger partial charge in [0.2, 0.25) is 0 Å². The van der Waals surface area contributed by atoms with Crippen molar-refractivity contribution in [3.8, 4) is 0 Å². The monoisotopic (exact) mass is 182 g/mol. The lowest BCUT2D eigenvalue weighted by Gasteiger charge is -2.05. The summed E-state index contributed by atoms with van der Waals surface area (Å²) in [5, 5.41) is 8.71. The zero-order valence-electron chi connectivity index (χ0n) is 7.66. The topological polar surface area (TPSA) is 72.2 Å². The molecule has 1 heterocycles. The summed E-state index contributed by atoms with van der Waals surface area (Å²) in [6, 6.07) is 0. The smallest absolute Gasteiger partial charge is 0.343 e. The number of aromatic carboxylic acids is 1. The lowest BCUT2D eigenvalue weighted by molar-refractivity contribution is 0.0692. The van der Waals surface area contributed by atoms with Crippen molar-refractivity contribution >= 4 is 5.97 Å². The second kappa shape index (κ2) is 3.01. The van der Waals surface area contributed by atoms with E-state index in [0.29, 0.717) is 5.82 Å². The van der Waals surface area contributed by atoms with E-state index in [1.54, 1.807) is 6.92 Å². The van der Waals surface area contributed by atoms with Crippen molar-refractivity contribution < 1.29 is 9.90 Å². The van der Waals surface area contributed by atoms with E-state index in [2.05, 4.69) is 4.98 Å². The van der Waals surface area contributed by atoms with Gasteiger partial charge in [-0.15, -0.1) is 0 Å². The number of carboxylic acids is 1. The van der Waals surface area contributed by atoms with Crippen molar-refractivity contribution in [2.45, 2.75) is 13.8 Å². The molecule has 70 valence electrons. The number of aryl methyl sites for hydroxylation is 2. The van der Waals surface area contributed by atoms with Gasteiger partial charge in [0.1, 0.15) is 11.4 Å². The van der Waals surface area contributed by atoms with Crippen LogP contribution in [0.2, 0.25) is 0 Å². The molecule has 13 heavy (non-hydrogen) atoms. The molecule has 0 radical (unpaired) electrons. The van der Waals surface area contributed by atoms with Crippen LogP contribution in [0, 0.1) is 13.8 Å². The van der Waals surface area contributed by atoms with Crippen LogP contribution < -0.4 is 5.56 Å². The van der Waals surface area contributed by atoms with Gasteiger partial charge in [-0.05, 0) is 13.8 Å². The lowest BCUT2D eigenvalue weighted by atomic mass is 10.2. The second-order valence-corrected chi connectivity index (χ2v) is 2.79. The number of rotatable bonds is 1. The molecule has 0 saturated carbocycles. The Labute approximate surface area is 74.7 Å². The minimum absolute atomic E-state index is 0.256. The fraction of sp³-hybridized carbons (Fsp3) is 0.375. The first kappa shape index (κ1) is 9.44. The molecular formula is C8H10N2O3. The SMILES string of the molecule is Cc1nc(C)n(C)c(=O)c1C(=O)O. The molecule has 0 fully saturated rings. The fourth-order valence-electron chi connectivity index (χ4n) is 1.09. The van der Waals surface area contributed by atoms with Gasteiger partial charge in [-0.3, -0.25) is 9.36 Å². The van der Waals surface area contributed by atoms with E-state index in [-0.39, 0.29) is 11.3 Å². The highest BCUT2D eigenvalue weighted by Gasteiger charge is 2.15. The number of carboxylic acid groups (broad SMARTS) is 1. The van der Waals surface area contributed by atoms with Crippen molar-refractivity contribution in [2.24, 2.45) is 7.05 Å². The summed E-state index contributed by atoms with van der Waals surface area (Å²) in [4.78, 5) is 26.0. The predicted molar refractivity (Wildman–Crippen MR) is 45.9 cm³/mol. The van der Waals surface area contributed by atoms with Gasteiger partial charge in [0.15, 0.2) is 0 Å². The molecule has 0 bridgehead atoms. The van der Waals surface area contributed by atoms with Gasteiger partial charge in [0.25, 0.3) is 5.56 Å². The predicted octanol–water partition coefficient (Wildman–Crippen LogP) is 0.0953. The van der Waals surface area contributed by atoms with Crippen molar-refractivity contribution in [1.29, 1.82) is 0 Å². The van der Waals surface area contributed by atoms with Crippen LogP contribution in [0.25, 0.3) is 0 Å². The van der Waals surface area contributed by atoms with Gasteiger partial charge in [0.05, 0.1) is 5.69 Å². The highest BCUT2D eigenvalue weighted by Crippen LogP contribution is 1.99. The summed E-state index contributed by atoms with van der Waals surface area (Å²) in [5.41, 5.74) is -0.515. The van der Waals surface area contributed by atoms with Crippen molar-refractivity contribution in [1.82, 2.24) is 9.55 Å². The summed E-state index contributed by atoms with van der Waals surface area (Å²) >= 11 is 0. The van der Waals surface area contributed by atoms with Crippen molar-refractivity contribution in [2.75, 3.05) is 0 Å². The Balaban J connectivity index is 3.63. The number of nitrogens with zero attached hydrogens (tertiary/aromatic N) is 2. The normalized spacial score (nSPS) is 10.1. The molecule has 0 aliphatic rings. The largest absolute Gasteiger partial charge is 0.477 e. The van der Waals surface area contributed by atoms with Crippen molar-refractivity contribution in [3.05, 3.63) is 27.4 Å². The molecule has 0 amide bonds. The first-order valence-electron chi connectivity index (χ1n) is 3.72. The Bertz CT molecular complexity index is 420. The lowest BCUT2D eigenvalue weighted by Crippen LogP contribution is -2.28. The molecule has 0 spiro atoms. The zero-order valence-corrected chi connectivity index (χ0v) is 7.66. The van der Waals surface area contributed by atoms with E-state index in [1.165, 1.54) is 18.5 Å². The van der Waals surface area contributed by atoms with E-state index < -0.39 is 11.5 Å². The third-order valence-corrected chi connectivity index (χ3v) is 1.91. The van der Waals surface area contributed by atoms with E-state index in [0.717, 1.165) is 0 Å². The van der Waals surface area contributed by atoms with Gasteiger partial charge in [-0.25, -0.2) is 9.78 Å². The van der Waals surface area contributed by atoms with Crippen LogP contribution in [0.1, 0.15) is 21.9 Å². The van der Waals surface area contributed by atoms with E-state index in [1.807, 2.05) is 0 Å². The zero-order chi connectivity index (χ0) is 10.2. The van der Waals surface area contributed by atoms with Crippen LogP contribution in [0.5, 0.6) is 0 Å². The molecular weight excluding hydrogens is 172 g/mol. The van der Waals surface area contributed by atoms with Crippen LogP contribution in [-0.2, 0) is 7.05 Å². The van der Waals surface area contributed by atoms with E-state index in [4.69, 9.17) is 5.11 Å². The Morgan fingerprint density at radius 3 is 2.46 bits per heavy atom. The van der Waals surface area contributed by atoms with Gasteiger partial charge in [-0.1, -0.05) is 0 Å². The fourth-order valence-corrected chi connectivity index (χ4v) is 1.09. The van der Waals surface area contributed by atoms with E-state index >= 15 is 0 Å². The molecule has 0 aromatic carbocycles. The average molecular weight is 182 g/mol. The molecule has 1 rings (SSSR count). The minimum atomic E-state index is -1.23. The third-order valence-electron chi connectivity index (χ3n) is 1.91. The molecule has 5 nitrogen and oxygen atoms in total. The van der Waals surface area contributed by atoms with Crippen LogP contribution in [-0.4, -0.2) is 20.6 Å². The van der Waals surface area contributed by atoms with Crippen LogP contribution in [0.15, 0.2) is 4.79 Å². The Morgan fingerprint density at radius 2 is 2.00 bits per heavy atom. The van der Waals surface area contributed by atoms with Gasteiger partial charge >= 0.3 is 5.97 Å². The van der Waals surface area contributed by atoms with Gasteiger partial charge < -0.3 is 5.11 Å². The average Bonchev–Trinajstić information content (AvgIpc) is 1.99. The highest BCUT2D eigenvalue weighted by atomic mass is 16.4. The summed E-state index contributed by atoms with van der Waals surface area (Å²) < 4.78 is 1.22. The van der Waals surface area contributed by atoms with Crippen LogP contribution in [0.3, 0.4) is 0 Å². The summed E-state index contributed by atoms with van der Waals surface area (Å²) in [7, 11) is 1.50. The van der Waals surface area contributed by atoms with E-state index in [9.17, 15) is 9.59 Å². The highest BCUT2D eigenvalue weighted by molar-refractivity contribution is 5.88. The number of aromatic nitrogens is 2. The standard InChI is InChI=1S/C8H10N2O3/c1-4-6(8(12)13)7(11)10(3)5(2)9-4/h1-3H3,(H,12,13). The maximum atomic E-state index is 11.4.